The van der Waals surface area contributed by atoms with Crippen LogP contribution in [0.2, 0.25) is 0 Å². The quantitative estimate of drug-likeness (QED) is 0.357. The third-order valence-corrected chi connectivity index (χ3v) is 7.66. The van der Waals surface area contributed by atoms with E-state index in [4.69, 9.17) is 9.47 Å². The zero-order valence-electron chi connectivity index (χ0n) is 25.6. The predicted octanol–water partition coefficient (Wildman–Crippen LogP) is 4.22. The molecule has 2 aliphatic rings. The molecule has 2 N–H and O–H groups in total. The monoisotopic (exact) mass is 620 g/mol. The van der Waals surface area contributed by atoms with Crippen LogP contribution in [0.5, 0.6) is 5.75 Å². The molecule has 0 spiro atoms. The lowest BCUT2D eigenvalue weighted by atomic mass is 10.0. The van der Waals surface area contributed by atoms with E-state index in [1.165, 1.54) is 24.3 Å². The Morgan fingerprint density at radius 2 is 1.93 bits per heavy atom. The van der Waals surface area contributed by atoms with Crippen LogP contribution < -0.4 is 25.2 Å². The van der Waals surface area contributed by atoms with Gasteiger partial charge in [-0.15, -0.1) is 0 Å². The number of anilines is 5. The van der Waals surface area contributed by atoms with E-state index in [2.05, 4.69) is 27.2 Å². The molecule has 12 nitrogen and oxygen atoms in total. The molecule has 2 aliphatic heterocycles. The van der Waals surface area contributed by atoms with Crippen LogP contribution in [0, 0.1) is 0 Å². The van der Waals surface area contributed by atoms with Crippen molar-refractivity contribution in [1.29, 1.82) is 0 Å². The highest BCUT2D eigenvalue weighted by Gasteiger charge is 2.47. The number of fused-ring (bicyclic) bond motifs is 1. The van der Waals surface area contributed by atoms with Gasteiger partial charge in [0, 0.05) is 57.2 Å². The number of nitrogens with zero attached hydrogens (tertiary/aromatic N) is 6. The second-order valence-corrected chi connectivity index (χ2v) is 11.0. The third kappa shape index (κ3) is 7.33. The highest BCUT2D eigenvalue weighted by molar-refractivity contribution is 6.02. The molecule has 1 fully saturated rings. The van der Waals surface area contributed by atoms with Crippen LogP contribution in [-0.2, 0) is 16.1 Å². The minimum atomic E-state index is -4.60. The summed E-state index contributed by atoms with van der Waals surface area (Å²) in [6.45, 7) is 6.39. The maximum Gasteiger partial charge on any atom is 0.408 e. The molecule has 0 unspecified atom stereocenters. The van der Waals surface area contributed by atoms with Crippen LogP contribution in [0.1, 0.15) is 25.3 Å². The van der Waals surface area contributed by atoms with Crippen LogP contribution in [0.15, 0.2) is 31.0 Å². The number of nitrogens with one attached hydrogen (secondary N) is 2. The van der Waals surface area contributed by atoms with Gasteiger partial charge in [-0.2, -0.15) is 18.2 Å². The topological polar surface area (TPSA) is 115 Å². The maximum atomic E-state index is 13.7. The van der Waals surface area contributed by atoms with Gasteiger partial charge in [0.15, 0.2) is 0 Å². The molecule has 0 bridgehead atoms. The molecule has 1 atom stereocenters. The largest absolute Gasteiger partial charge is 0.494 e. The minimum Gasteiger partial charge on any atom is -0.494 e. The summed E-state index contributed by atoms with van der Waals surface area (Å²) in [5, 5.41) is 5.94. The van der Waals surface area contributed by atoms with Crippen molar-refractivity contribution in [3.63, 3.8) is 0 Å². The van der Waals surface area contributed by atoms with Crippen molar-refractivity contribution in [3.05, 3.63) is 36.5 Å². The molecule has 15 heteroatoms. The van der Waals surface area contributed by atoms with E-state index in [9.17, 15) is 22.8 Å². The number of ether oxygens (including phenoxy) is 2. The number of hydrogen-bond acceptors (Lipinski definition) is 9. The smallest absolute Gasteiger partial charge is 0.408 e. The summed E-state index contributed by atoms with van der Waals surface area (Å²) in [7, 11) is 7.32. The molecular weight excluding hydrogens is 581 g/mol. The molecular formula is C29H39F3N8O4. The van der Waals surface area contributed by atoms with Gasteiger partial charge in [0.05, 0.1) is 30.7 Å². The Labute approximate surface area is 254 Å². The average molecular weight is 621 g/mol. The number of halogens is 3. The lowest BCUT2D eigenvalue weighted by Gasteiger charge is -2.43. The normalized spacial score (nSPS) is 16.4. The second-order valence-electron chi connectivity index (χ2n) is 11.0. The molecule has 1 saturated heterocycles. The van der Waals surface area contributed by atoms with E-state index in [-0.39, 0.29) is 18.3 Å². The molecule has 240 valence electrons. The number of alkyl halides is 3. The Morgan fingerprint density at radius 3 is 2.55 bits per heavy atom. The van der Waals surface area contributed by atoms with Crippen LogP contribution in [0.25, 0.3) is 0 Å². The second kappa shape index (κ2) is 13.7. The van der Waals surface area contributed by atoms with Crippen molar-refractivity contribution >= 4 is 40.8 Å². The molecule has 3 heterocycles. The molecule has 0 saturated carbocycles. The summed E-state index contributed by atoms with van der Waals surface area (Å²) < 4.78 is 52.2. The first-order valence-electron chi connectivity index (χ1n) is 14.2. The lowest BCUT2D eigenvalue weighted by molar-refractivity contribution is -0.172. The Hall–Kier alpha value is -4.11. The summed E-state index contributed by atoms with van der Waals surface area (Å²) in [6, 6.07) is 0.289. The number of hydrogen-bond donors (Lipinski definition) is 2. The number of rotatable bonds is 11. The van der Waals surface area contributed by atoms with E-state index < -0.39 is 30.2 Å². The van der Waals surface area contributed by atoms with Gasteiger partial charge in [-0.05, 0) is 46.0 Å². The highest BCUT2D eigenvalue weighted by Crippen LogP contribution is 2.39. The van der Waals surface area contributed by atoms with Gasteiger partial charge in [-0.25, -0.2) is 9.78 Å². The van der Waals surface area contributed by atoms with Crippen molar-refractivity contribution in [1.82, 2.24) is 19.8 Å². The molecule has 3 amide bonds. The molecule has 1 aromatic heterocycles. The number of carbonyl (C=O) groups excluding carboxylic acids is 2. The van der Waals surface area contributed by atoms with Gasteiger partial charge in [-0.1, -0.05) is 6.58 Å². The van der Waals surface area contributed by atoms with E-state index >= 15 is 0 Å². The van der Waals surface area contributed by atoms with Crippen molar-refractivity contribution in [3.8, 4) is 5.75 Å². The first kappa shape index (κ1) is 32.8. The van der Waals surface area contributed by atoms with Crippen molar-refractivity contribution in [2.75, 3.05) is 75.0 Å². The first-order valence-corrected chi connectivity index (χ1v) is 14.2. The first-order chi connectivity index (χ1) is 20.8. The molecule has 4 rings (SSSR count). The molecule has 2 aromatic rings. The molecule has 0 radical (unpaired) electrons. The summed E-state index contributed by atoms with van der Waals surface area (Å²) in [4.78, 5) is 41.0. The predicted molar refractivity (Wildman–Crippen MR) is 162 cm³/mol. The number of carbonyl (C=O) groups is 2. The molecule has 1 aromatic carbocycles. The minimum absolute atomic E-state index is 0.0962. The highest BCUT2D eigenvalue weighted by atomic mass is 19.4. The van der Waals surface area contributed by atoms with Gasteiger partial charge in [0.2, 0.25) is 11.9 Å². The fourth-order valence-electron chi connectivity index (χ4n) is 5.04. The summed E-state index contributed by atoms with van der Waals surface area (Å²) in [6.07, 6.45) is -1.10. The number of urea groups is 1. The Bertz CT molecular complexity index is 1370. The zero-order valence-corrected chi connectivity index (χ0v) is 25.6. The van der Waals surface area contributed by atoms with Crippen molar-refractivity contribution < 1.29 is 32.2 Å². The summed E-state index contributed by atoms with van der Waals surface area (Å²) in [5.74, 6) is 0.358. The van der Waals surface area contributed by atoms with Gasteiger partial charge >= 0.3 is 12.2 Å². The Kier molecular flexibility index (Phi) is 10.2. The summed E-state index contributed by atoms with van der Waals surface area (Å²) in [5.41, 5.74) is 1.99. The van der Waals surface area contributed by atoms with E-state index in [1.807, 2.05) is 30.9 Å². The molecule has 44 heavy (non-hydrogen) atoms. The Balaban J connectivity index is 1.73. The lowest BCUT2D eigenvalue weighted by Crippen LogP contribution is -2.58. The number of benzene rings is 1. The van der Waals surface area contributed by atoms with Crippen LogP contribution in [-0.4, -0.2) is 105 Å². The maximum absolute atomic E-state index is 13.7. The van der Waals surface area contributed by atoms with Gasteiger partial charge < -0.3 is 34.8 Å². The van der Waals surface area contributed by atoms with Crippen molar-refractivity contribution in [2.24, 2.45) is 0 Å². The summed E-state index contributed by atoms with van der Waals surface area (Å²) >= 11 is 0. The number of methoxy groups -OCH3 is 1. The average Bonchev–Trinajstić information content (AvgIpc) is 2.99. The SMILES string of the molecule is C=CC(=O)Nc1cc(Nc2ncc3c(n2)N(C2CCOCC2)C(=O)N([C@H](C)C(F)(F)F)C3)c(OC)cc1N(C)CCN(C)C. The number of likely N-dealkylation sites (N-methyl/N-ethyl adjacent to an activating group) is 2. The number of amides is 3. The van der Waals surface area contributed by atoms with Gasteiger partial charge in [0.1, 0.15) is 17.6 Å². The van der Waals surface area contributed by atoms with E-state index in [1.54, 1.807) is 12.1 Å². The van der Waals surface area contributed by atoms with Gasteiger partial charge in [-0.3, -0.25) is 9.69 Å². The van der Waals surface area contributed by atoms with Crippen LogP contribution >= 0.6 is 0 Å². The zero-order chi connectivity index (χ0) is 32.2. The fraction of sp³-hybridized carbons (Fsp3) is 0.517. The van der Waals surface area contributed by atoms with Crippen LogP contribution in [0.4, 0.5) is 46.8 Å². The standard InChI is InChI=1S/C29H39F3N8O4/c1-7-25(41)34-21-14-22(24(43-6)15-23(21)38(5)11-10-37(3)4)35-27-33-16-19-17-39(18(2)29(30,31)32)28(42)40(26(19)36-27)20-8-12-44-13-9-20/h7,14-16,18,20H,1,8-13,17H2,2-6H3,(H,34,41)(H,33,35,36)/t18-/m1/s1. The Morgan fingerprint density at radius 1 is 1.23 bits per heavy atom. The van der Waals surface area contributed by atoms with Crippen molar-refractivity contribution in [2.45, 2.75) is 44.6 Å². The van der Waals surface area contributed by atoms with E-state index in [0.717, 1.165) is 18.4 Å². The number of aromatic nitrogens is 2. The van der Waals surface area contributed by atoms with Crippen LogP contribution in [0.3, 0.4) is 0 Å². The van der Waals surface area contributed by atoms with Gasteiger partial charge in [0.25, 0.3) is 0 Å². The molecule has 0 aliphatic carbocycles. The fourth-order valence-corrected chi connectivity index (χ4v) is 5.04. The van der Waals surface area contributed by atoms with E-state index in [0.29, 0.717) is 61.0 Å². The third-order valence-electron chi connectivity index (χ3n) is 7.66.